The number of nitrogens with one attached hydrogen (secondary N) is 1. The molecule has 0 aliphatic rings. The molecule has 0 radical (unpaired) electrons. The molecule has 1 atom stereocenters. The van der Waals surface area contributed by atoms with E-state index in [9.17, 15) is 26.9 Å². The van der Waals surface area contributed by atoms with Crippen molar-refractivity contribution in [2.75, 3.05) is 0 Å². The Balaban J connectivity index is 1.77. The molecular formula is C28H25F5N2O5S. The third-order valence-electron chi connectivity index (χ3n) is 5.98. The lowest BCUT2D eigenvalue weighted by Gasteiger charge is -2.23. The number of rotatable bonds is 9. The molecule has 218 valence electrons. The number of benzene rings is 2. The van der Waals surface area contributed by atoms with Gasteiger partial charge in [0, 0.05) is 45.7 Å². The number of alkyl halides is 3. The maximum absolute atomic E-state index is 15.7. The highest BCUT2D eigenvalue weighted by molar-refractivity contribution is 7.90. The van der Waals surface area contributed by atoms with Gasteiger partial charge in [-0.1, -0.05) is 6.07 Å². The van der Waals surface area contributed by atoms with Crippen LogP contribution in [0, 0.1) is 11.6 Å². The lowest BCUT2D eigenvalue weighted by molar-refractivity contribution is -0.137. The Labute approximate surface area is 234 Å². The molecule has 0 spiro atoms. The third kappa shape index (κ3) is 6.97. The summed E-state index contributed by atoms with van der Waals surface area (Å²) in [4.78, 5) is 15.2. The summed E-state index contributed by atoms with van der Waals surface area (Å²) in [6, 6.07) is 7.07. The predicted molar refractivity (Wildman–Crippen MR) is 141 cm³/mol. The zero-order valence-corrected chi connectivity index (χ0v) is 22.9. The number of pyridine rings is 1. The van der Waals surface area contributed by atoms with E-state index in [1.807, 2.05) is 0 Å². The number of carboxylic acid groups (broad SMARTS) is 1. The van der Waals surface area contributed by atoms with Crippen LogP contribution in [-0.4, -0.2) is 25.4 Å². The van der Waals surface area contributed by atoms with Gasteiger partial charge in [-0.05, 0) is 50.6 Å². The highest BCUT2D eigenvalue weighted by Crippen LogP contribution is 2.41. The minimum absolute atomic E-state index is 0.0281. The monoisotopic (exact) mass is 596 g/mol. The van der Waals surface area contributed by atoms with Crippen LogP contribution < -0.4 is 9.46 Å². The van der Waals surface area contributed by atoms with E-state index in [4.69, 9.17) is 14.3 Å². The molecule has 7 nitrogen and oxygen atoms in total. The second kappa shape index (κ2) is 11.7. The molecule has 0 fully saturated rings. The first kappa shape index (κ1) is 30.3. The van der Waals surface area contributed by atoms with Crippen molar-refractivity contribution in [3.8, 4) is 16.9 Å². The number of carboxylic acids is 1. The number of hydrogen-bond donors (Lipinski definition) is 2. The normalized spacial score (nSPS) is 13.0. The number of furan rings is 1. The van der Waals surface area contributed by atoms with E-state index in [1.165, 1.54) is 24.4 Å². The molecule has 2 N–H and O–H groups in total. The van der Waals surface area contributed by atoms with Gasteiger partial charge >= 0.3 is 12.1 Å². The summed E-state index contributed by atoms with van der Waals surface area (Å²) < 4.78 is 96.3. The minimum Gasteiger partial charge on any atom is -0.598 e. The quantitative estimate of drug-likeness (QED) is 0.167. The lowest BCUT2D eigenvalue weighted by Crippen LogP contribution is -2.39. The SMILES string of the molecule is CC(C)(C)[S+]([O-])NCc1nccc(-c2cc(COc3cc(F)ccc3CC(=O)O)cc3c(C(F)(F)F)coc23)c1F. The molecule has 2 heterocycles. The topological polar surface area (TPSA) is 108 Å². The number of aliphatic carboxylic acids is 1. The number of nitrogens with zero attached hydrogens (tertiary/aromatic N) is 1. The number of ether oxygens (including phenoxy) is 1. The number of carbonyl (C=O) groups is 1. The average Bonchev–Trinajstić information content (AvgIpc) is 3.31. The smallest absolute Gasteiger partial charge is 0.420 e. The molecule has 0 amide bonds. The second-order valence-electron chi connectivity index (χ2n) is 10.1. The van der Waals surface area contributed by atoms with Gasteiger partial charge in [-0.25, -0.2) is 8.78 Å². The summed E-state index contributed by atoms with van der Waals surface area (Å²) in [5.41, 5.74) is -1.29. The first-order valence-corrected chi connectivity index (χ1v) is 13.3. The van der Waals surface area contributed by atoms with Crippen LogP contribution in [0.2, 0.25) is 0 Å². The van der Waals surface area contributed by atoms with Crippen molar-refractivity contribution in [3.63, 3.8) is 0 Å². The van der Waals surface area contributed by atoms with Crippen molar-refractivity contribution < 1.29 is 45.6 Å². The van der Waals surface area contributed by atoms with E-state index in [0.29, 0.717) is 6.26 Å². The molecule has 41 heavy (non-hydrogen) atoms. The van der Waals surface area contributed by atoms with Gasteiger partial charge in [-0.3, -0.25) is 9.78 Å². The van der Waals surface area contributed by atoms with E-state index in [2.05, 4.69) is 9.71 Å². The van der Waals surface area contributed by atoms with E-state index in [1.54, 1.807) is 20.8 Å². The fourth-order valence-corrected chi connectivity index (χ4v) is 4.70. The Morgan fingerprint density at radius 3 is 2.51 bits per heavy atom. The van der Waals surface area contributed by atoms with Crippen molar-refractivity contribution in [2.24, 2.45) is 0 Å². The highest BCUT2D eigenvalue weighted by Gasteiger charge is 2.36. The summed E-state index contributed by atoms with van der Waals surface area (Å²) in [6.07, 6.45) is -3.46. The molecule has 0 saturated carbocycles. The van der Waals surface area contributed by atoms with Crippen molar-refractivity contribution in [2.45, 2.75) is 51.3 Å². The molecule has 0 saturated heterocycles. The van der Waals surface area contributed by atoms with Crippen LogP contribution >= 0.6 is 0 Å². The van der Waals surface area contributed by atoms with Crippen molar-refractivity contribution >= 4 is 28.3 Å². The van der Waals surface area contributed by atoms with Crippen LogP contribution in [0.15, 0.2) is 53.3 Å². The van der Waals surface area contributed by atoms with Gasteiger partial charge in [0.1, 0.15) is 40.3 Å². The summed E-state index contributed by atoms with van der Waals surface area (Å²) in [7, 11) is 0. The van der Waals surface area contributed by atoms with Gasteiger partial charge in [0.15, 0.2) is 5.82 Å². The molecule has 0 aliphatic heterocycles. The van der Waals surface area contributed by atoms with E-state index in [-0.39, 0.29) is 51.2 Å². The minimum atomic E-state index is -4.79. The summed E-state index contributed by atoms with van der Waals surface area (Å²) in [5.74, 6) is -2.85. The maximum Gasteiger partial charge on any atom is 0.420 e. The van der Waals surface area contributed by atoms with Crippen LogP contribution in [0.5, 0.6) is 5.75 Å². The summed E-state index contributed by atoms with van der Waals surface area (Å²) in [5, 5.41) is 8.78. The van der Waals surface area contributed by atoms with Gasteiger partial charge in [0.25, 0.3) is 0 Å². The zero-order valence-electron chi connectivity index (χ0n) is 22.1. The molecule has 2 aromatic carbocycles. The first-order valence-electron chi connectivity index (χ1n) is 12.2. The van der Waals surface area contributed by atoms with Crippen molar-refractivity contribution in [3.05, 3.63) is 82.9 Å². The Hall–Kier alpha value is -3.68. The maximum atomic E-state index is 15.7. The molecule has 0 bridgehead atoms. The van der Waals surface area contributed by atoms with Crippen LogP contribution in [0.25, 0.3) is 22.1 Å². The third-order valence-corrected chi connectivity index (χ3v) is 7.50. The van der Waals surface area contributed by atoms with Gasteiger partial charge in [0.2, 0.25) is 0 Å². The Morgan fingerprint density at radius 1 is 1.12 bits per heavy atom. The molecule has 2 aromatic heterocycles. The summed E-state index contributed by atoms with van der Waals surface area (Å²) >= 11 is -1.54. The Morgan fingerprint density at radius 2 is 1.85 bits per heavy atom. The van der Waals surface area contributed by atoms with Crippen LogP contribution in [-0.2, 0) is 41.9 Å². The zero-order chi connectivity index (χ0) is 30.1. The average molecular weight is 597 g/mol. The largest absolute Gasteiger partial charge is 0.598 e. The van der Waals surface area contributed by atoms with E-state index in [0.717, 1.165) is 18.2 Å². The van der Waals surface area contributed by atoms with Crippen molar-refractivity contribution in [1.29, 1.82) is 0 Å². The second-order valence-corrected chi connectivity index (χ2v) is 12.2. The van der Waals surface area contributed by atoms with Gasteiger partial charge in [-0.2, -0.15) is 13.2 Å². The standard InChI is InChI=1S/C28H25F5N2O5S/c1-27(2,3)41(38)35-12-22-25(30)18(6-7-34-22)19-8-15(9-20-21(28(31,32)33)14-40-26(19)20)13-39-23-11-17(29)5-4-16(23)10-24(36)37/h4-9,11,14,35H,10,12-13H2,1-3H3,(H,36,37). The molecule has 0 aliphatic carbocycles. The molecule has 4 aromatic rings. The molecular weight excluding hydrogens is 571 g/mol. The fraction of sp³-hybridized carbons (Fsp3) is 0.286. The van der Waals surface area contributed by atoms with Crippen molar-refractivity contribution in [1.82, 2.24) is 9.71 Å². The van der Waals surface area contributed by atoms with Crippen LogP contribution in [0.4, 0.5) is 22.0 Å². The van der Waals surface area contributed by atoms with Crippen LogP contribution in [0.3, 0.4) is 0 Å². The predicted octanol–water partition coefficient (Wildman–Crippen LogP) is 6.55. The van der Waals surface area contributed by atoms with Gasteiger partial charge in [-0.15, -0.1) is 4.72 Å². The fourth-order valence-electron chi connectivity index (χ4n) is 4.00. The molecule has 1 unspecified atom stereocenters. The molecule has 4 rings (SSSR count). The first-order chi connectivity index (χ1) is 19.1. The number of hydrogen-bond acceptors (Lipinski definition) is 6. The van der Waals surface area contributed by atoms with Gasteiger partial charge < -0.3 is 18.8 Å². The Bertz CT molecular complexity index is 1580. The van der Waals surface area contributed by atoms with Crippen LogP contribution in [0.1, 0.15) is 43.2 Å². The van der Waals surface area contributed by atoms with Gasteiger partial charge in [0.05, 0.1) is 18.7 Å². The van der Waals surface area contributed by atoms with E-state index < -0.39 is 58.5 Å². The summed E-state index contributed by atoms with van der Waals surface area (Å²) in [6.45, 7) is 4.57. The number of aromatic nitrogens is 1. The number of fused-ring (bicyclic) bond motifs is 1. The number of halogens is 5. The molecule has 13 heteroatoms. The Kier molecular flexibility index (Phi) is 8.62. The highest BCUT2D eigenvalue weighted by atomic mass is 32.2. The lowest BCUT2D eigenvalue weighted by atomic mass is 9.98. The van der Waals surface area contributed by atoms with E-state index >= 15 is 4.39 Å².